The van der Waals surface area contributed by atoms with Crippen molar-refractivity contribution in [2.75, 3.05) is 7.05 Å². The van der Waals surface area contributed by atoms with E-state index >= 15 is 0 Å². The van der Waals surface area contributed by atoms with Gasteiger partial charge in [0.25, 0.3) is 0 Å². The number of halogens is 3. The molecule has 0 aromatic carbocycles. The van der Waals surface area contributed by atoms with Gasteiger partial charge in [-0.05, 0) is 6.92 Å². The van der Waals surface area contributed by atoms with Crippen molar-refractivity contribution in [3.05, 3.63) is 0 Å². The van der Waals surface area contributed by atoms with Crippen molar-refractivity contribution in [1.29, 1.82) is 0 Å². The van der Waals surface area contributed by atoms with Crippen LogP contribution in [0.3, 0.4) is 0 Å². The second kappa shape index (κ2) is 2.69. The summed E-state index contributed by atoms with van der Waals surface area (Å²) in [5.41, 5.74) is 0. The normalized spacial score (nSPS) is 24.8. The molecular weight excluding hydrogens is 189 g/mol. The second-order valence-corrected chi connectivity index (χ2v) is 2.94. The molecule has 6 heteroatoms. The van der Waals surface area contributed by atoms with Crippen molar-refractivity contribution in [2.45, 2.75) is 19.1 Å². The van der Waals surface area contributed by atoms with Crippen molar-refractivity contribution in [3.8, 4) is 0 Å². The molecule has 0 spiro atoms. The molecule has 0 aromatic heterocycles. The van der Waals surface area contributed by atoms with Crippen molar-refractivity contribution in [2.24, 2.45) is 4.99 Å². The Bertz CT molecular complexity index is 246. The van der Waals surface area contributed by atoms with Crippen molar-refractivity contribution in [1.82, 2.24) is 4.90 Å². The molecule has 12 heavy (non-hydrogen) atoms. The predicted molar refractivity (Wildman–Crippen MR) is 43.3 cm³/mol. The maximum Gasteiger partial charge on any atom is 0.449 e. The first kappa shape index (κ1) is 9.44. The van der Waals surface area contributed by atoms with Gasteiger partial charge in [-0.15, -0.1) is 0 Å². The highest BCUT2D eigenvalue weighted by Gasteiger charge is 2.43. The summed E-state index contributed by atoms with van der Waals surface area (Å²) >= 11 is 4.72. The van der Waals surface area contributed by atoms with E-state index in [0.717, 1.165) is 4.90 Å². The fourth-order valence-electron chi connectivity index (χ4n) is 0.973. The zero-order valence-electron chi connectivity index (χ0n) is 6.51. The van der Waals surface area contributed by atoms with Crippen LogP contribution in [0.1, 0.15) is 6.92 Å². The number of hydrogen-bond donors (Lipinski definition) is 0. The fraction of sp³-hybridized carbons (Fsp3) is 0.667. The minimum atomic E-state index is -4.40. The van der Waals surface area contributed by atoms with E-state index in [1.165, 1.54) is 14.0 Å². The van der Waals surface area contributed by atoms with Crippen LogP contribution >= 0.6 is 12.2 Å². The van der Waals surface area contributed by atoms with E-state index in [-0.39, 0.29) is 4.99 Å². The lowest BCUT2D eigenvalue weighted by Crippen LogP contribution is -2.38. The summed E-state index contributed by atoms with van der Waals surface area (Å²) in [4.78, 5) is 4.51. The number of thiocarbonyl (C=S) groups is 1. The highest BCUT2D eigenvalue weighted by Crippen LogP contribution is 2.24. The van der Waals surface area contributed by atoms with E-state index in [1.807, 2.05) is 0 Å². The Morgan fingerprint density at radius 1 is 1.50 bits per heavy atom. The van der Waals surface area contributed by atoms with Gasteiger partial charge in [0.15, 0.2) is 0 Å². The quantitative estimate of drug-likeness (QED) is 0.547. The van der Waals surface area contributed by atoms with Crippen LogP contribution in [0, 0.1) is 0 Å². The average molecular weight is 196 g/mol. The third-order valence-corrected chi connectivity index (χ3v) is 2.19. The van der Waals surface area contributed by atoms with E-state index in [2.05, 4.69) is 4.99 Å². The van der Waals surface area contributed by atoms with Gasteiger partial charge < -0.3 is 4.90 Å². The number of aliphatic imine (C=N–C) groups is 1. The van der Waals surface area contributed by atoms with Gasteiger partial charge in [0.1, 0.15) is 11.0 Å². The molecule has 68 valence electrons. The van der Waals surface area contributed by atoms with E-state index in [9.17, 15) is 13.2 Å². The van der Waals surface area contributed by atoms with Crippen LogP contribution in [0.25, 0.3) is 0 Å². The average Bonchev–Trinajstić information content (AvgIpc) is 2.15. The Kier molecular flexibility index (Phi) is 2.11. The minimum absolute atomic E-state index is 0.210. The predicted octanol–water partition coefficient (Wildman–Crippen LogP) is 1.61. The molecule has 1 rings (SSSR count). The van der Waals surface area contributed by atoms with E-state index in [0.29, 0.717) is 0 Å². The Morgan fingerprint density at radius 3 is 2.17 bits per heavy atom. The second-order valence-electron chi connectivity index (χ2n) is 2.52. The van der Waals surface area contributed by atoms with Crippen LogP contribution in [0.4, 0.5) is 13.2 Å². The maximum absolute atomic E-state index is 12.1. The van der Waals surface area contributed by atoms with Gasteiger partial charge in [-0.2, -0.15) is 13.2 Å². The third-order valence-electron chi connectivity index (χ3n) is 1.58. The molecule has 1 aliphatic heterocycles. The first-order valence-electron chi connectivity index (χ1n) is 3.26. The van der Waals surface area contributed by atoms with Gasteiger partial charge in [-0.25, -0.2) is 0 Å². The summed E-state index contributed by atoms with van der Waals surface area (Å²) in [5.74, 6) is -0.903. The highest BCUT2D eigenvalue weighted by molar-refractivity contribution is 7.80. The lowest BCUT2D eigenvalue weighted by atomic mass is 10.4. The number of amidine groups is 1. The van der Waals surface area contributed by atoms with Crippen LogP contribution in [-0.4, -0.2) is 35.0 Å². The standard InChI is InChI=1S/C6H7F3N2S/c1-3-4(12)11(2)5(10-3)6(7,8)9/h3H,1-2H3. The van der Waals surface area contributed by atoms with Crippen molar-refractivity contribution < 1.29 is 13.2 Å². The Labute approximate surface area is 73.1 Å². The van der Waals surface area contributed by atoms with Crippen molar-refractivity contribution >= 4 is 23.0 Å². The number of rotatable bonds is 0. The number of hydrogen-bond acceptors (Lipinski definition) is 2. The molecule has 0 aliphatic carbocycles. The Balaban J connectivity index is 2.95. The maximum atomic E-state index is 12.1. The molecular formula is C6H7F3N2S. The Morgan fingerprint density at radius 2 is 2.00 bits per heavy atom. The highest BCUT2D eigenvalue weighted by atomic mass is 32.1. The van der Waals surface area contributed by atoms with Crippen LogP contribution in [0.2, 0.25) is 0 Å². The van der Waals surface area contributed by atoms with Gasteiger partial charge in [0, 0.05) is 7.05 Å². The summed E-state index contributed by atoms with van der Waals surface area (Å²) in [6.45, 7) is 1.54. The first-order chi connectivity index (χ1) is 5.34. The summed E-state index contributed by atoms with van der Waals surface area (Å²) in [6.07, 6.45) is -4.40. The van der Waals surface area contributed by atoms with E-state index in [1.54, 1.807) is 0 Å². The van der Waals surface area contributed by atoms with Crippen LogP contribution in [-0.2, 0) is 0 Å². The number of alkyl halides is 3. The monoisotopic (exact) mass is 196 g/mol. The van der Waals surface area contributed by atoms with Crippen LogP contribution in [0.5, 0.6) is 0 Å². The zero-order chi connectivity index (χ0) is 9.52. The first-order valence-corrected chi connectivity index (χ1v) is 3.67. The van der Waals surface area contributed by atoms with E-state index < -0.39 is 18.1 Å². The molecule has 0 bridgehead atoms. The molecule has 2 nitrogen and oxygen atoms in total. The minimum Gasteiger partial charge on any atom is -0.318 e. The lowest BCUT2D eigenvalue weighted by molar-refractivity contribution is -0.0647. The molecule has 0 saturated heterocycles. The third kappa shape index (κ3) is 1.43. The van der Waals surface area contributed by atoms with Gasteiger partial charge in [0.05, 0.1) is 0 Å². The molecule has 0 saturated carbocycles. The smallest absolute Gasteiger partial charge is 0.318 e. The van der Waals surface area contributed by atoms with Crippen molar-refractivity contribution in [3.63, 3.8) is 0 Å². The topological polar surface area (TPSA) is 15.6 Å². The molecule has 1 unspecified atom stereocenters. The summed E-state index contributed by atoms with van der Waals surface area (Å²) in [7, 11) is 1.28. The molecule has 0 fully saturated rings. The molecule has 1 aliphatic rings. The lowest BCUT2D eigenvalue weighted by Gasteiger charge is -2.16. The summed E-state index contributed by atoms with van der Waals surface area (Å²) in [5, 5.41) is 0. The van der Waals surface area contributed by atoms with Crippen LogP contribution < -0.4 is 0 Å². The molecule has 0 N–H and O–H groups in total. The molecule has 1 atom stereocenters. The fourth-order valence-corrected chi connectivity index (χ4v) is 1.11. The Hall–Kier alpha value is -0.650. The molecule has 0 amide bonds. The molecule has 0 radical (unpaired) electrons. The largest absolute Gasteiger partial charge is 0.449 e. The van der Waals surface area contributed by atoms with E-state index in [4.69, 9.17) is 12.2 Å². The van der Waals surface area contributed by atoms with Gasteiger partial charge in [0.2, 0.25) is 5.84 Å². The van der Waals surface area contributed by atoms with Crippen LogP contribution in [0.15, 0.2) is 4.99 Å². The molecule has 1 heterocycles. The van der Waals surface area contributed by atoms with Gasteiger partial charge >= 0.3 is 6.18 Å². The number of nitrogens with zero attached hydrogens (tertiary/aromatic N) is 2. The molecule has 0 aromatic rings. The van der Waals surface area contributed by atoms with Gasteiger partial charge in [-0.3, -0.25) is 4.99 Å². The number of likely N-dealkylation sites (N-methyl/N-ethyl adjacent to an activating group) is 1. The summed E-state index contributed by atoms with van der Waals surface area (Å²) in [6, 6.07) is -0.540. The van der Waals surface area contributed by atoms with Gasteiger partial charge in [-0.1, -0.05) is 12.2 Å². The SMILES string of the molecule is CC1N=C(C(F)(F)F)N(C)C1=S. The summed E-state index contributed by atoms with van der Waals surface area (Å²) < 4.78 is 36.4. The zero-order valence-corrected chi connectivity index (χ0v) is 7.33.